The molecule has 0 aliphatic rings. The molecule has 4 aromatic rings. The first-order chi connectivity index (χ1) is 15.6. The minimum atomic E-state index is -0.630. The van der Waals surface area contributed by atoms with Crippen LogP contribution in [0.25, 0.3) is 16.3 Å². The van der Waals surface area contributed by atoms with E-state index in [1.165, 1.54) is 36.8 Å². The number of non-ortho nitro benzene ring substituents is 1. The summed E-state index contributed by atoms with van der Waals surface area (Å²) >= 11 is 1.54. The molecule has 0 saturated heterocycles. The van der Waals surface area contributed by atoms with Gasteiger partial charge in [0.25, 0.3) is 11.6 Å². The number of carbonyl (C=O) groups is 1. The van der Waals surface area contributed by atoms with Gasteiger partial charge in [-0.1, -0.05) is 24.3 Å². The summed E-state index contributed by atoms with van der Waals surface area (Å²) in [5.74, 6) is -0.422. The molecule has 0 saturated carbocycles. The fraction of sp³-hybridized carbons (Fsp3) is 0.0455. The number of nitro benzene ring substituents is 1. The van der Waals surface area contributed by atoms with Crippen LogP contribution >= 0.6 is 11.3 Å². The van der Waals surface area contributed by atoms with Crippen molar-refractivity contribution in [3.8, 4) is 22.0 Å². The first-order valence-corrected chi connectivity index (χ1v) is 10.3. The summed E-state index contributed by atoms with van der Waals surface area (Å²) in [5.41, 5.74) is 4.50. The van der Waals surface area contributed by atoms with Gasteiger partial charge in [0.1, 0.15) is 11.4 Å². The van der Waals surface area contributed by atoms with E-state index in [2.05, 4.69) is 15.6 Å². The van der Waals surface area contributed by atoms with Crippen LogP contribution in [0.3, 0.4) is 0 Å². The number of benzene rings is 2. The molecule has 9 nitrogen and oxygen atoms in total. The highest BCUT2D eigenvalue weighted by atomic mass is 32.1. The number of hydrogen-bond donors (Lipinski definition) is 1. The molecule has 0 radical (unpaired) electrons. The van der Waals surface area contributed by atoms with Gasteiger partial charge in [0.05, 0.1) is 34.4 Å². The quantitative estimate of drug-likeness (QED) is 0.258. The van der Waals surface area contributed by atoms with E-state index in [0.29, 0.717) is 5.56 Å². The number of hydrogen-bond acceptors (Lipinski definition) is 7. The highest BCUT2D eigenvalue weighted by Crippen LogP contribution is 2.27. The number of nitrogens with one attached hydrogen (secondary N) is 1. The van der Waals surface area contributed by atoms with Gasteiger partial charge in [0, 0.05) is 23.9 Å². The summed E-state index contributed by atoms with van der Waals surface area (Å²) in [6.07, 6.45) is 3.30. The molecule has 0 spiro atoms. The number of amides is 1. The van der Waals surface area contributed by atoms with E-state index in [9.17, 15) is 14.9 Å². The number of hydrazone groups is 1. The zero-order chi connectivity index (χ0) is 22.5. The number of methoxy groups -OCH3 is 1. The molecule has 0 bridgehead atoms. The number of nitro groups is 1. The van der Waals surface area contributed by atoms with Crippen molar-refractivity contribution in [3.05, 3.63) is 93.5 Å². The minimum absolute atomic E-state index is 0.0114. The van der Waals surface area contributed by atoms with Gasteiger partial charge in [0.15, 0.2) is 0 Å². The largest absolute Gasteiger partial charge is 0.496 e. The third-order valence-electron chi connectivity index (χ3n) is 4.53. The molecule has 0 fully saturated rings. The van der Waals surface area contributed by atoms with Crippen LogP contribution < -0.4 is 10.2 Å². The Morgan fingerprint density at radius 1 is 1.22 bits per heavy atom. The average molecular weight is 447 g/mol. The molecule has 2 aromatic heterocycles. The van der Waals surface area contributed by atoms with Crippen LogP contribution in [0.4, 0.5) is 5.69 Å². The molecule has 0 aliphatic heterocycles. The van der Waals surface area contributed by atoms with Crippen molar-refractivity contribution < 1.29 is 14.5 Å². The van der Waals surface area contributed by atoms with Crippen LogP contribution in [0, 0.1) is 10.1 Å². The van der Waals surface area contributed by atoms with E-state index in [-0.39, 0.29) is 17.0 Å². The summed E-state index contributed by atoms with van der Waals surface area (Å²) < 4.78 is 6.88. The van der Waals surface area contributed by atoms with Crippen LogP contribution in [0.1, 0.15) is 15.9 Å². The van der Waals surface area contributed by atoms with E-state index in [1.807, 2.05) is 54.0 Å². The third kappa shape index (κ3) is 4.40. The number of carbonyl (C=O) groups excluding carboxylic acids is 1. The number of thiophene rings is 1. The monoisotopic (exact) mass is 447 g/mol. The van der Waals surface area contributed by atoms with E-state index in [4.69, 9.17) is 4.74 Å². The molecule has 2 aromatic carbocycles. The highest BCUT2D eigenvalue weighted by molar-refractivity contribution is 7.13. The van der Waals surface area contributed by atoms with Crippen LogP contribution in [0.2, 0.25) is 0 Å². The van der Waals surface area contributed by atoms with E-state index in [0.717, 1.165) is 22.3 Å². The lowest BCUT2D eigenvalue weighted by atomic mass is 10.1. The Balaban J connectivity index is 1.61. The van der Waals surface area contributed by atoms with Crippen molar-refractivity contribution in [2.45, 2.75) is 0 Å². The molecule has 10 heteroatoms. The predicted octanol–water partition coefficient (Wildman–Crippen LogP) is 4.28. The van der Waals surface area contributed by atoms with Crippen LogP contribution in [-0.4, -0.2) is 33.9 Å². The Kier molecular flexibility index (Phi) is 6.04. The molecule has 32 heavy (non-hydrogen) atoms. The maximum Gasteiger partial charge on any atom is 0.275 e. The Morgan fingerprint density at radius 3 is 2.72 bits per heavy atom. The maximum atomic E-state index is 12.6. The van der Waals surface area contributed by atoms with Crippen molar-refractivity contribution in [3.63, 3.8) is 0 Å². The Hall–Kier alpha value is -4.31. The summed E-state index contributed by atoms with van der Waals surface area (Å²) in [5, 5.41) is 21.7. The Bertz CT molecular complexity index is 1280. The van der Waals surface area contributed by atoms with Gasteiger partial charge in [-0.25, -0.2) is 10.1 Å². The first-order valence-electron chi connectivity index (χ1n) is 9.41. The van der Waals surface area contributed by atoms with Crippen molar-refractivity contribution >= 4 is 29.1 Å². The number of nitrogens with zero attached hydrogens (tertiary/aromatic N) is 4. The topological polar surface area (TPSA) is 112 Å². The number of para-hydroxylation sites is 1. The fourth-order valence-corrected chi connectivity index (χ4v) is 3.74. The molecular weight excluding hydrogens is 430 g/mol. The van der Waals surface area contributed by atoms with Crippen molar-refractivity contribution in [1.29, 1.82) is 0 Å². The molecular formula is C22H17N5O4S. The minimum Gasteiger partial charge on any atom is -0.496 e. The zero-order valence-electron chi connectivity index (χ0n) is 16.8. The maximum absolute atomic E-state index is 12.6. The van der Waals surface area contributed by atoms with Gasteiger partial charge in [-0.2, -0.15) is 10.2 Å². The summed E-state index contributed by atoms with van der Waals surface area (Å²) in [4.78, 5) is 24.0. The molecule has 1 amide bonds. The summed E-state index contributed by atoms with van der Waals surface area (Å²) in [6, 6.07) is 17.3. The molecule has 4 rings (SSSR count). The average Bonchev–Trinajstić information content (AvgIpc) is 3.49. The molecule has 1 N–H and O–H groups in total. The second-order valence-corrected chi connectivity index (χ2v) is 7.48. The van der Waals surface area contributed by atoms with E-state index in [1.54, 1.807) is 4.68 Å². The van der Waals surface area contributed by atoms with Gasteiger partial charge in [-0.3, -0.25) is 14.9 Å². The standard InChI is InChI=1S/C22H17N5O4S/c1-31-19-10-9-17(27(29)30)12-18(19)22(28)24-23-13-15-14-26(16-6-3-2-4-7-16)25-21(15)20-8-5-11-32-20/h2-14H,1H3,(H,24,28)/b23-13-. The second-order valence-electron chi connectivity index (χ2n) is 6.53. The Labute approximate surface area is 186 Å². The summed E-state index contributed by atoms with van der Waals surface area (Å²) in [6.45, 7) is 0. The lowest BCUT2D eigenvalue weighted by molar-refractivity contribution is -0.384. The van der Waals surface area contributed by atoms with Crippen molar-refractivity contribution in [2.24, 2.45) is 5.10 Å². The lowest BCUT2D eigenvalue weighted by Gasteiger charge is -2.06. The van der Waals surface area contributed by atoms with Crippen LogP contribution in [-0.2, 0) is 0 Å². The first kappa shape index (κ1) is 20.9. The van der Waals surface area contributed by atoms with Crippen LogP contribution in [0.15, 0.2) is 77.3 Å². The predicted molar refractivity (Wildman–Crippen MR) is 122 cm³/mol. The van der Waals surface area contributed by atoms with Gasteiger partial charge >= 0.3 is 0 Å². The Morgan fingerprint density at radius 2 is 2.03 bits per heavy atom. The SMILES string of the molecule is COc1ccc([N+](=O)[O-])cc1C(=O)N/N=C\c1cn(-c2ccccc2)nc1-c1cccs1. The number of aromatic nitrogens is 2. The molecule has 0 aliphatic carbocycles. The summed E-state index contributed by atoms with van der Waals surface area (Å²) in [7, 11) is 1.38. The van der Waals surface area contributed by atoms with Gasteiger partial charge in [0.2, 0.25) is 0 Å². The molecule has 0 unspecified atom stereocenters. The van der Waals surface area contributed by atoms with Crippen molar-refractivity contribution in [2.75, 3.05) is 7.11 Å². The molecule has 0 atom stereocenters. The van der Waals surface area contributed by atoms with Gasteiger partial charge in [-0.05, 0) is 29.6 Å². The fourth-order valence-electron chi connectivity index (χ4n) is 3.01. The third-order valence-corrected chi connectivity index (χ3v) is 5.40. The highest BCUT2D eigenvalue weighted by Gasteiger charge is 2.17. The number of ether oxygens (including phenoxy) is 1. The smallest absolute Gasteiger partial charge is 0.275 e. The number of rotatable bonds is 7. The van der Waals surface area contributed by atoms with E-state index < -0.39 is 10.8 Å². The molecule has 160 valence electrons. The second kappa shape index (κ2) is 9.23. The molecule has 2 heterocycles. The normalized spacial score (nSPS) is 10.9. The lowest BCUT2D eigenvalue weighted by Crippen LogP contribution is -2.18. The van der Waals surface area contributed by atoms with Crippen molar-refractivity contribution in [1.82, 2.24) is 15.2 Å². The van der Waals surface area contributed by atoms with E-state index >= 15 is 0 Å². The van der Waals surface area contributed by atoms with Crippen LogP contribution in [0.5, 0.6) is 5.75 Å². The zero-order valence-corrected chi connectivity index (χ0v) is 17.7. The van der Waals surface area contributed by atoms with Gasteiger partial charge < -0.3 is 4.74 Å². The van der Waals surface area contributed by atoms with Gasteiger partial charge in [-0.15, -0.1) is 11.3 Å².